The topological polar surface area (TPSA) is 66.2 Å². The van der Waals surface area contributed by atoms with Crippen molar-refractivity contribution in [3.63, 3.8) is 0 Å². The maximum atomic E-state index is 11.8. The van der Waals surface area contributed by atoms with Gasteiger partial charge < -0.3 is 9.47 Å². The summed E-state index contributed by atoms with van der Waals surface area (Å²) in [6.07, 6.45) is 1.38. The summed E-state index contributed by atoms with van der Waals surface area (Å²) in [4.78, 5) is 15.8. The lowest BCUT2D eigenvalue weighted by Gasteiger charge is -2.21. The van der Waals surface area contributed by atoms with Crippen LogP contribution in [-0.2, 0) is 10.3 Å². The first kappa shape index (κ1) is 17.8. The highest BCUT2D eigenvalue weighted by atomic mass is 35.5. The molecule has 6 nitrogen and oxygen atoms in total. The summed E-state index contributed by atoms with van der Waals surface area (Å²) in [7, 11) is 1.24. The molecule has 0 spiro atoms. The molecule has 9 heteroatoms. The summed E-state index contributed by atoms with van der Waals surface area (Å²) >= 11 is 18.1. The minimum absolute atomic E-state index is 0.0135. The van der Waals surface area contributed by atoms with E-state index in [9.17, 15) is 4.79 Å². The Labute approximate surface area is 148 Å². The van der Waals surface area contributed by atoms with Crippen LogP contribution in [0.3, 0.4) is 0 Å². The number of rotatable bonds is 3. The third-order valence-corrected chi connectivity index (χ3v) is 3.59. The van der Waals surface area contributed by atoms with Crippen LogP contribution in [0.25, 0.3) is 0 Å². The van der Waals surface area contributed by atoms with Gasteiger partial charge in [-0.15, -0.1) is 0 Å². The molecule has 0 atom stereocenters. The number of nitrogens with zero attached hydrogens (tertiary/aromatic N) is 3. The summed E-state index contributed by atoms with van der Waals surface area (Å²) in [5.74, 6) is -0.436. The molecule has 0 aromatic carbocycles. The van der Waals surface area contributed by atoms with Crippen molar-refractivity contribution in [2.75, 3.05) is 7.11 Å². The van der Waals surface area contributed by atoms with Crippen LogP contribution in [0.1, 0.15) is 31.3 Å². The average molecular weight is 379 g/mol. The van der Waals surface area contributed by atoms with Gasteiger partial charge in [0.2, 0.25) is 11.8 Å². The lowest BCUT2D eigenvalue weighted by molar-refractivity contribution is 0.0592. The smallest absolute Gasteiger partial charge is 0.360 e. The van der Waals surface area contributed by atoms with Crippen LogP contribution in [0.15, 0.2) is 12.3 Å². The normalized spacial score (nSPS) is 11.4. The Balaban J connectivity index is 2.56. The number of hydrogen-bond donors (Lipinski definition) is 0. The number of esters is 1. The Morgan fingerprint density at radius 3 is 2.43 bits per heavy atom. The first-order valence-corrected chi connectivity index (χ1v) is 7.64. The first-order chi connectivity index (χ1) is 10.6. The van der Waals surface area contributed by atoms with Gasteiger partial charge in [0.05, 0.1) is 17.7 Å². The van der Waals surface area contributed by atoms with E-state index >= 15 is 0 Å². The number of hydrogen-bond acceptors (Lipinski definition) is 5. The van der Waals surface area contributed by atoms with E-state index < -0.39 is 11.5 Å². The molecule has 2 aromatic heterocycles. The molecule has 0 saturated heterocycles. The molecular formula is C14H14Cl3N3O3. The molecular weight excluding hydrogens is 365 g/mol. The molecule has 0 radical (unpaired) electrons. The average Bonchev–Trinajstić information content (AvgIpc) is 2.78. The highest BCUT2D eigenvalue weighted by Gasteiger charge is 2.30. The molecule has 0 N–H and O–H groups in total. The van der Waals surface area contributed by atoms with Gasteiger partial charge in [-0.25, -0.2) is 14.5 Å². The third kappa shape index (κ3) is 3.71. The number of carbonyl (C=O) groups excluding carboxylic acids is 1. The number of methoxy groups -OCH3 is 1. The predicted octanol–water partition coefficient (Wildman–Crippen LogP) is 4.57. The molecule has 0 bridgehead atoms. The summed E-state index contributed by atoms with van der Waals surface area (Å²) in [6, 6.07) is 1.48. The summed E-state index contributed by atoms with van der Waals surface area (Å²) in [5, 5.41) is 4.77. The predicted molar refractivity (Wildman–Crippen MR) is 87.9 cm³/mol. The summed E-state index contributed by atoms with van der Waals surface area (Å²) < 4.78 is 11.8. The van der Waals surface area contributed by atoms with Crippen molar-refractivity contribution in [1.82, 2.24) is 14.8 Å². The number of halogens is 3. The van der Waals surface area contributed by atoms with Crippen molar-refractivity contribution in [3.05, 3.63) is 33.0 Å². The van der Waals surface area contributed by atoms with Gasteiger partial charge in [0.1, 0.15) is 10.0 Å². The van der Waals surface area contributed by atoms with E-state index in [1.807, 2.05) is 20.8 Å². The fraction of sp³-hybridized carbons (Fsp3) is 0.357. The Bertz CT molecular complexity index is 754. The fourth-order valence-corrected chi connectivity index (χ4v) is 2.37. The minimum Gasteiger partial charge on any atom is -0.464 e. The quantitative estimate of drug-likeness (QED) is 0.732. The second kappa shape index (κ2) is 6.55. The maximum absolute atomic E-state index is 11.8. The highest BCUT2D eigenvalue weighted by Crippen LogP contribution is 2.38. The van der Waals surface area contributed by atoms with Crippen LogP contribution >= 0.6 is 34.8 Å². The van der Waals surface area contributed by atoms with Crippen LogP contribution in [0.5, 0.6) is 11.8 Å². The molecule has 124 valence electrons. The minimum atomic E-state index is -0.669. The third-order valence-electron chi connectivity index (χ3n) is 2.77. The lowest BCUT2D eigenvalue weighted by Crippen LogP contribution is -2.24. The molecule has 2 aromatic rings. The van der Waals surface area contributed by atoms with Crippen LogP contribution in [0.2, 0.25) is 15.1 Å². The summed E-state index contributed by atoms with van der Waals surface area (Å²) in [5.41, 5.74) is -0.561. The van der Waals surface area contributed by atoms with Crippen molar-refractivity contribution in [1.29, 1.82) is 0 Å². The van der Waals surface area contributed by atoms with Gasteiger partial charge in [-0.1, -0.05) is 34.8 Å². The zero-order valence-electron chi connectivity index (χ0n) is 12.9. The van der Waals surface area contributed by atoms with Crippen molar-refractivity contribution in [2.45, 2.75) is 26.3 Å². The van der Waals surface area contributed by atoms with Gasteiger partial charge >= 0.3 is 5.97 Å². The Morgan fingerprint density at radius 2 is 1.91 bits per heavy atom. The first-order valence-electron chi connectivity index (χ1n) is 6.51. The zero-order valence-corrected chi connectivity index (χ0v) is 15.1. The Hall–Kier alpha value is -1.50. The van der Waals surface area contributed by atoms with Gasteiger partial charge in [-0.05, 0) is 26.8 Å². The van der Waals surface area contributed by atoms with Crippen molar-refractivity contribution < 1.29 is 14.3 Å². The van der Waals surface area contributed by atoms with Crippen molar-refractivity contribution >= 4 is 40.8 Å². The number of ether oxygens (including phenoxy) is 2. The number of pyridine rings is 1. The molecule has 2 rings (SSSR count). The van der Waals surface area contributed by atoms with E-state index in [0.29, 0.717) is 5.02 Å². The molecule has 2 heterocycles. The second-order valence-electron chi connectivity index (χ2n) is 5.58. The SMILES string of the molecule is COC(=O)c1nn(C(C)(C)C)c(Oc2ncc(Cl)cc2Cl)c1Cl. The van der Waals surface area contributed by atoms with E-state index in [2.05, 4.69) is 14.8 Å². The van der Waals surface area contributed by atoms with Crippen LogP contribution in [0.4, 0.5) is 0 Å². The maximum Gasteiger partial charge on any atom is 0.360 e. The molecule has 0 fully saturated rings. The van der Waals surface area contributed by atoms with E-state index in [1.54, 1.807) is 0 Å². The van der Waals surface area contributed by atoms with Crippen molar-refractivity contribution in [3.8, 4) is 11.8 Å². The molecule has 23 heavy (non-hydrogen) atoms. The lowest BCUT2D eigenvalue weighted by atomic mass is 10.1. The van der Waals surface area contributed by atoms with Gasteiger partial charge in [-0.3, -0.25) is 0 Å². The zero-order chi connectivity index (χ0) is 17.4. The monoisotopic (exact) mass is 377 g/mol. The highest BCUT2D eigenvalue weighted by molar-refractivity contribution is 6.35. The van der Waals surface area contributed by atoms with Gasteiger partial charge in [0.15, 0.2) is 5.69 Å². The standard InChI is InChI=1S/C14H14Cl3N3O3/c1-14(2,3)20-12(9(17)10(19-20)13(21)22-4)23-11-8(16)5-7(15)6-18-11/h5-6H,1-4H3. The second-order valence-corrected chi connectivity index (χ2v) is 6.81. The van der Waals surface area contributed by atoms with Crippen molar-refractivity contribution in [2.24, 2.45) is 0 Å². The summed E-state index contributed by atoms with van der Waals surface area (Å²) in [6.45, 7) is 5.63. The van der Waals surface area contributed by atoms with Gasteiger partial charge in [0, 0.05) is 6.20 Å². The van der Waals surface area contributed by atoms with E-state index in [-0.39, 0.29) is 27.5 Å². The van der Waals surface area contributed by atoms with Gasteiger partial charge in [-0.2, -0.15) is 5.10 Å². The van der Waals surface area contributed by atoms with E-state index in [0.717, 1.165) is 0 Å². The molecule has 0 aliphatic rings. The fourth-order valence-electron chi connectivity index (χ4n) is 1.72. The molecule has 0 amide bonds. The van der Waals surface area contributed by atoms with Gasteiger partial charge in [0.25, 0.3) is 0 Å². The number of carbonyl (C=O) groups is 1. The largest absolute Gasteiger partial charge is 0.464 e. The molecule has 0 aliphatic heterocycles. The molecule has 0 aliphatic carbocycles. The van der Waals surface area contributed by atoms with Crippen LogP contribution in [0, 0.1) is 0 Å². The molecule has 0 unspecified atom stereocenters. The van der Waals surface area contributed by atoms with Crippen LogP contribution < -0.4 is 4.74 Å². The van der Waals surface area contributed by atoms with E-state index in [4.69, 9.17) is 39.5 Å². The van der Waals surface area contributed by atoms with E-state index in [1.165, 1.54) is 24.1 Å². The Kier molecular flexibility index (Phi) is 5.08. The molecule has 0 saturated carbocycles. The van der Waals surface area contributed by atoms with Crippen LogP contribution in [-0.4, -0.2) is 27.8 Å². The number of aromatic nitrogens is 3. The Morgan fingerprint density at radius 1 is 1.26 bits per heavy atom.